The molecule has 1 saturated heterocycles. The number of ether oxygens (including phenoxy) is 1. The molecular weight excluding hydrogens is 347 g/mol. The number of halogens is 2. The van der Waals surface area contributed by atoms with Crippen LogP contribution in [0.2, 0.25) is 0 Å². The van der Waals surface area contributed by atoms with Gasteiger partial charge in [0.05, 0.1) is 23.8 Å². The number of fused-ring (bicyclic) bond motifs is 1. The summed E-state index contributed by atoms with van der Waals surface area (Å²) in [4.78, 5) is 23.1. The second-order valence-corrected chi connectivity index (χ2v) is 6.92. The van der Waals surface area contributed by atoms with E-state index in [9.17, 15) is 19.8 Å². The first kappa shape index (κ1) is 18.1. The molecule has 2 aliphatic rings. The molecule has 1 aliphatic carbocycles. The number of cyclic esters (lactones) is 1. The minimum Gasteiger partial charge on any atom is -0.507 e. The van der Waals surface area contributed by atoms with Crippen molar-refractivity contribution in [2.24, 2.45) is 11.7 Å². The molecule has 1 amide bonds. The first-order chi connectivity index (χ1) is 10.6. The van der Waals surface area contributed by atoms with Crippen LogP contribution in [0.1, 0.15) is 13.8 Å². The summed E-state index contributed by atoms with van der Waals surface area (Å²) in [6.45, 7) is 2.92. The highest BCUT2D eigenvalue weighted by Gasteiger charge is 2.57. The highest BCUT2D eigenvalue weighted by atomic mass is 35.5. The van der Waals surface area contributed by atoms with E-state index in [0.717, 1.165) is 0 Å². The highest BCUT2D eigenvalue weighted by Crippen LogP contribution is 2.43. The molecule has 23 heavy (non-hydrogen) atoms. The number of aliphatic hydroxyl groups excluding tert-OH is 2. The summed E-state index contributed by atoms with van der Waals surface area (Å²) in [5.41, 5.74) is 3.91. The number of rotatable bonds is 3. The van der Waals surface area contributed by atoms with Gasteiger partial charge in [-0.25, -0.2) is 4.79 Å². The third-order valence-corrected chi connectivity index (χ3v) is 4.95. The van der Waals surface area contributed by atoms with Crippen LogP contribution in [0.5, 0.6) is 0 Å². The normalized spacial score (nSPS) is 34.9. The van der Waals surface area contributed by atoms with Gasteiger partial charge in [-0.15, -0.1) is 23.2 Å². The average Bonchev–Trinajstić information content (AvgIpc) is 2.45. The van der Waals surface area contributed by atoms with Crippen LogP contribution >= 0.6 is 23.2 Å². The smallest absolute Gasteiger partial charge is 0.338 e. The lowest BCUT2D eigenvalue weighted by Gasteiger charge is -2.48. The summed E-state index contributed by atoms with van der Waals surface area (Å²) in [6.07, 6.45) is 1.37. The largest absolute Gasteiger partial charge is 0.507 e. The Morgan fingerprint density at radius 3 is 2.65 bits per heavy atom. The van der Waals surface area contributed by atoms with Crippen molar-refractivity contribution in [2.75, 3.05) is 0 Å². The molecule has 2 rings (SSSR count). The molecule has 0 aromatic heterocycles. The number of hydrogen-bond acceptors (Lipinski definition) is 6. The summed E-state index contributed by atoms with van der Waals surface area (Å²) in [6, 6.07) is -1.81. The molecule has 0 bridgehead atoms. The lowest BCUT2D eigenvalue weighted by Crippen LogP contribution is -2.67. The standard InChI is InChI=1S/C14H18Cl2N2O5/c1-5(17)11(21)18-10-8-6(19)3-4-7(20)9(8)12(22)23-14(10,2)13(15)16/h3-6,8,10,13,19-20H,17H2,1-2H3,(H,18,21)/t5-,6-,8+,10+,14-/m0/s1. The van der Waals surface area contributed by atoms with Crippen molar-refractivity contribution in [1.82, 2.24) is 5.32 Å². The van der Waals surface area contributed by atoms with Crippen molar-refractivity contribution >= 4 is 35.1 Å². The third kappa shape index (κ3) is 3.06. The Morgan fingerprint density at radius 1 is 1.52 bits per heavy atom. The number of esters is 1. The van der Waals surface area contributed by atoms with Gasteiger partial charge in [0.15, 0.2) is 5.60 Å². The lowest BCUT2D eigenvalue weighted by atomic mass is 9.73. The van der Waals surface area contributed by atoms with Gasteiger partial charge in [0.25, 0.3) is 0 Å². The fraction of sp³-hybridized carbons (Fsp3) is 0.571. The molecule has 1 aliphatic heterocycles. The maximum atomic E-state index is 12.2. The van der Waals surface area contributed by atoms with Crippen molar-refractivity contribution < 1.29 is 24.5 Å². The maximum absolute atomic E-state index is 12.2. The van der Waals surface area contributed by atoms with Crippen LogP contribution < -0.4 is 11.1 Å². The minimum atomic E-state index is -1.51. The molecule has 9 heteroatoms. The fourth-order valence-electron chi connectivity index (χ4n) is 2.72. The molecule has 0 aromatic rings. The number of nitrogens with one attached hydrogen (secondary N) is 1. The van der Waals surface area contributed by atoms with Crippen LogP contribution in [0.15, 0.2) is 23.5 Å². The van der Waals surface area contributed by atoms with Crippen molar-refractivity contribution in [1.29, 1.82) is 0 Å². The Labute approximate surface area is 143 Å². The zero-order valence-electron chi connectivity index (χ0n) is 12.5. The van der Waals surface area contributed by atoms with Crippen molar-refractivity contribution in [3.05, 3.63) is 23.5 Å². The van der Waals surface area contributed by atoms with E-state index in [1.54, 1.807) is 0 Å². The van der Waals surface area contributed by atoms with Gasteiger partial charge in [-0.2, -0.15) is 0 Å². The van der Waals surface area contributed by atoms with Crippen LogP contribution in [0.25, 0.3) is 0 Å². The van der Waals surface area contributed by atoms with E-state index in [1.165, 1.54) is 26.0 Å². The molecule has 1 heterocycles. The quantitative estimate of drug-likeness (QED) is 0.422. The van der Waals surface area contributed by atoms with Crippen LogP contribution in [0, 0.1) is 5.92 Å². The second kappa shape index (κ2) is 6.32. The first-order valence-electron chi connectivity index (χ1n) is 6.96. The van der Waals surface area contributed by atoms with E-state index in [-0.39, 0.29) is 11.3 Å². The Balaban J connectivity index is 2.52. The molecule has 7 nitrogen and oxygen atoms in total. The van der Waals surface area contributed by atoms with Crippen LogP contribution in [-0.4, -0.2) is 50.7 Å². The Hall–Kier alpha value is -1.28. The average molecular weight is 365 g/mol. The van der Waals surface area contributed by atoms with Gasteiger partial charge in [0, 0.05) is 5.92 Å². The van der Waals surface area contributed by atoms with Crippen LogP contribution in [0.4, 0.5) is 0 Å². The number of alkyl halides is 2. The van der Waals surface area contributed by atoms with E-state index >= 15 is 0 Å². The van der Waals surface area contributed by atoms with Gasteiger partial charge in [-0.3, -0.25) is 4.79 Å². The SMILES string of the molecule is C[C@H](N)C(=O)N[C@@H]1[C@H]2C(=C(O)C=C[C@@H]2O)C(=O)O[C@]1(C)C(Cl)Cl. The molecule has 0 radical (unpaired) electrons. The summed E-state index contributed by atoms with van der Waals surface area (Å²) in [5.74, 6) is -2.69. The molecule has 128 valence electrons. The number of allylic oxidation sites excluding steroid dienone is 1. The molecule has 0 saturated carbocycles. The van der Waals surface area contributed by atoms with Gasteiger partial charge < -0.3 is 26.0 Å². The molecule has 0 spiro atoms. The summed E-state index contributed by atoms with van der Waals surface area (Å²) in [7, 11) is 0. The topological polar surface area (TPSA) is 122 Å². The van der Waals surface area contributed by atoms with Crippen molar-refractivity contribution in [3.63, 3.8) is 0 Å². The number of carbonyl (C=O) groups is 2. The zero-order valence-corrected chi connectivity index (χ0v) is 14.0. The monoisotopic (exact) mass is 364 g/mol. The second-order valence-electron chi connectivity index (χ2n) is 5.82. The van der Waals surface area contributed by atoms with Gasteiger partial charge in [-0.1, -0.05) is 6.08 Å². The molecule has 0 aromatic carbocycles. The number of nitrogens with two attached hydrogens (primary N) is 1. The third-order valence-electron chi connectivity index (χ3n) is 4.08. The van der Waals surface area contributed by atoms with E-state index in [2.05, 4.69) is 5.32 Å². The van der Waals surface area contributed by atoms with Gasteiger partial charge in [0.1, 0.15) is 10.6 Å². The molecular formula is C14H18Cl2N2O5. The van der Waals surface area contributed by atoms with Crippen LogP contribution in [-0.2, 0) is 14.3 Å². The maximum Gasteiger partial charge on any atom is 0.338 e. The zero-order chi connectivity index (χ0) is 17.5. The number of hydrogen-bond donors (Lipinski definition) is 4. The molecule has 5 atom stereocenters. The minimum absolute atomic E-state index is 0.138. The van der Waals surface area contributed by atoms with E-state index in [4.69, 9.17) is 33.7 Å². The summed E-state index contributed by atoms with van der Waals surface area (Å²) < 4.78 is 5.30. The summed E-state index contributed by atoms with van der Waals surface area (Å²) in [5, 5.41) is 22.8. The highest BCUT2D eigenvalue weighted by molar-refractivity contribution is 6.45. The Bertz CT molecular complexity index is 590. The predicted octanol–water partition coefficient (Wildman–Crippen LogP) is 0.297. The predicted molar refractivity (Wildman–Crippen MR) is 83.9 cm³/mol. The number of amides is 1. The van der Waals surface area contributed by atoms with Gasteiger partial charge in [0.2, 0.25) is 5.91 Å². The molecule has 1 fully saturated rings. The molecule has 0 unspecified atom stereocenters. The lowest BCUT2D eigenvalue weighted by molar-refractivity contribution is -0.168. The van der Waals surface area contributed by atoms with Gasteiger partial charge in [-0.05, 0) is 19.9 Å². The van der Waals surface area contributed by atoms with E-state index < -0.39 is 46.4 Å². The van der Waals surface area contributed by atoms with Gasteiger partial charge >= 0.3 is 5.97 Å². The van der Waals surface area contributed by atoms with Crippen molar-refractivity contribution in [3.8, 4) is 0 Å². The number of carbonyl (C=O) groups excluding carboxylic acids is 2. The molecule has 5 N–H and O–H groups in total. The number of aliphatic hydroxyl groups is 2. The van der Waals surface area contributed by atoms with E-state index in [1.807, 2.05) is 0 Å². The van der Waals surface area contributed by atoms with E-state index in [0.29, 0.717) is 0 Å². The van der Waals surface area contributed by atoms with Crippen LogP contribution in [0.3, 0.4) is 0 Å². The summed E-state index contributed by atoms with van der Waals surface area (Å²) >= 11 is 11.9. The van der Waals surface area contributed by atoms with Crippen molar-refractivity contribution in [2.45, 2.75) is 42.5 Å². The Morgan fingerprint density at radius 2 is 2.13 bits per heavy atom. The Kier molecular flexibility index (Phi) is 4.96. The first-order valence-corrected chi connectivity index (χ1v) is 7.83. The fourth-order valence-corrected chi connectivity index (χ4v) is 3.08.